The number of aromatic nitrogens is 3. The summed E-state index contributed by atoms with van der Waals surface area (Å²) in [6, 6.07) is 6.36. The van der Waals surface area contributed by atoms with Gasteiger partial charge in [0.1, 0.15) is 17.3 Å². The van der Waals surface area contributed by atoms with E-state index < -0.39 is 0 Å². The Kier molecular flexibility index (Phi) is 7.09. The molecule has 0 radical (unpaired) electrons. The number of halogens is 1. The second-order valence-corrected chi connectivity index (χ2v) is 8.01. The van der Waals surface area contributed by atoms with Crippen molar-refractivity contribution in [1.29, 1.82) is 0 Å². The van der Waals surface area contributed by atoms with Crippen molar-refractivity contribution in [3.63, 3.8) is 0 Å². The Morgan fingerprint density at radius 3 is 2.52 bits per heavy atom. The van der Waals surface area contributed by atoms with Gasteiger partial charge in [0, 0.05) is 62.5 Å². The Morgan fingerprint density at radius 2 is 1.85 bits per heavy atom. The average Bonchev–Trinajstić information content (AvgIpc) is 3.16. The molecule has 0 amide bonds. The number of aliphatic imine (C=N–C) groups is 1. The minimum atomic E-state index is -0.267. The summed E-state index contributed by atoms with van der Waals surface area (Å²) in [6.07, 6.45) is 6.80. The van der Waals surface area contributed by atoms with Crippen LogP contribution in [0, 0.1) is 19.7 Å². The zero-order valence-electron chi connectivity index (χ0n) is 18.9. The molecule has 9 heteroatoms. The topological polar surface area (TPSA) is 96.7 Å². The molecule has 8 nitrogen and oxygen atoms in total. The molecular formula is C24H28FN7O. The molecule has 2 aromatic heterocycles. The number of piperazine rings is 1. The molecule has 0 saturated carbocycles. The second-order valence-electron chi connectivity index (χ2n) is 8.01. The van der Waals surface area contributed by atoms with E-state index in [9.17, 15) is 4.39 Å². The van der Waals surface area contributed by atoms with Crippen LogP contribution >= 0.6 is 0 Å². The highest BCUT2D eigenvalue weighted by atomic mass is 19.1. The van der Waals surface area contributed by atoms with Crippen LogP contribution in [0.4, 0.5) is 10.2 Å². The molecule has 33 heavy (non-hydrogen) atoms. The van der Waals surface area contributed by atoms with Crippen LogP contribution in [0.1, 0.15) is 17.0 Å². The van der Waals surface area contributed by atoms with E-state index in [4.69, 9.17) is 10.3 Å². The first-order valence-corrected chi connectivity index (χ1v) is 10.9. The summed E-state index contributed by atoms with van der Waals surface area (Å²) >= 11 is 0. The maximum atomic E-state index is 13.3. The van der Waals surface area contributed by atoms with Crippen molar-refractivity contribution >= 4 is 12.0 Å². The average molecular weight is 450 g/mol. The summed E-state index contributed by atoms with van der Waals surface area (Å²) in [6.45, 7) is 8.37. The maximum Gasteiger partial charge on any atom is 0.155 e. The molecule has 0 bridgehead atoms. The van der Waals surface area contributed by atoms with E-state index in [1.54, 1.807) is 30.7 Å². The summed E-state index contributed by atoms with van der Waals surface area (Å²) in [4.78, 5) is 18.2. The molecule has 172 valence electrons. The lowest BCUT2D eigenvalue weighted by atomic mass is 10.1. The monoisotopic (exact) mass is 449 g/mol. The number of rotatable bonds is 7. The van der Waals surface area contributed by atoms with Gasteiger partial charge in [-0.1, -0.05) is 5.16 Å². The summed E-state index contributed by atoms with van der Waals surface area (Å²) in [7, 11) is 0. The SMILES string of the molecule is Cc1noc(C)c1CN=C/C(=C\N)CN1CCN(c2nccnc2-c2ccc(F)cc2)CC1. The number of anilines is 1. The quantitative estimate of drug-likeness (QED) is 0.554. The van der Waals surface area contributed by atoms with Gasteiger partial charge in [-0.05, 0) is 49.9 Å². The van der Waals surface area contributed by atoms with Crippen molar-refractivity contribution in [2.45, 2.75) is 20.4 Å². The normalized spacial score (nSPS) is 15.5. The van der Waals surface area contributed by atoms with E-state index in [2.05, 4.69) is 29.9 Å². The smallest absolute Gasteiger partial charge is 0.155 e. The number of nitrogens with two attached hydrogens (primary N) is 1. The highest BCUT2D eigenvalue weighted by Gasteiger charge is 2.21. The molecule has 0 spiro atoms. The molecule has 1 aliphatic rings. The summed E-state index contributed by atoms with van der Waals surface area (Å²) in [5.74, 6) is 1.35. The van der Waals surface area contributed by atoms with Gasteiger partial charge in [-0.2, -0.15) is 0 Å². The van der Waals surface area contributed by atoms with Crippen LogP contribution in [0.2, 0.25) is 0 Å². The van der Waals surface area contributed by atoms with E-state index in [-0.39, 0.29) is 5.82 Å². The Labute approximate surface area is 192 Å². The number of nitrogens with zero attached hydrogens (tertiary/aromatic N) is 6. The summed E-state index contributed by atoms with van der Waals surface area (Å²) in [5, 5.41) is 3.96. The van der Waals surface area contributed by atoms with E-state index >= 15 is 0 Å². The molecule has 0 atom stereocenters. The van der Waals surface area contributed by atoms with E-state index in [0.717, 1.165) is 72.4 Å². The van der Waals surface area contributed by atoms with Gasteiger partial charge in [0.25, 0.3) is 0 Å². The van der Waals surface area contributed by atoms with Crippen molar-refractivity contribution in [3.8, 4) is 11.3 Å². The van der Waals surface area contributed by atoms with Crippen LogP contribution in [0.25, 0.3) is 11.3 Å². The molecule has 0 unspecified atom stereocenters. The van der Waals surface area contributed by atoms with Crippen LogP contribution < -0.4 is 10.6 Å². The molecule has 1 fully saturated rings. The lowest BCUT2D eigenvalue weighted by molar-refractivity contribution is 0.280. The van der Waals surface area contributed by atoms with Gasteiger partial charge < -0.3 is 15.2 Å². The predicted molar refractivity (Wildman–Crippen MR) is 127 cm³/mol. The molecule has 3 aromatic rings. The zero-order chi connectivity index (χ0) is 23.2. The molecular weight excluding hydrogens is 421 g/mol. The van der Waals surface area contributed by atoms with Crippen molar-refractivity contribution in [3.05, 3.63) is 71.3 Å². The van der Waals surface area contributed by atoms with Gasteiger partial charge in [-0.25, -0.2) is 9.37 Å². The van der Waals surface area contributed by atoms with Gasteiger partial charge in [-0.15, -0.1) is 0 Å². The highest BCUT2D eigenvalue weighted by molar-refractivity contribution is 5.79. The van der Waals surface area contributed by atoms with Crippen molar-refractivity contribution in [2.75, 3.05) is 37.6 Å². The van der Waals surface area contributed by atoms with E-state index in [1.165, 1.54) is 12.1 Å². The fraction of sp³-hybridized carbons (Fsp3) is 0.333. The first-order chi connectivity index (χ1) is 16.0. The molecule has 3 heterocycles. The number of hydrogen-bond acceptors (Lipinski definition) is 8. The third-order valence-corrected chi connectivity index (χ3v) is 5.78. The molecule has 1 aliphatic heterocycles. The lowest BCUT2D eigenvalue weighted by Gasteiger charge is -2.36. The molecule has 4 rings (SSSR count). The largest absolute Gasteiger partial charge is 0.404 e. The van der Waals surface area contributed by atoms with Gasteiger partial charge >= 0.3 is 0 Å². The van der Waals surface area contributed by atoms with Gasteiger partial charge in [0.15, 0.2) is 5.82 Å². The molecule has 1 saturated heterocycles. The first kappa shape index (κ1) is 22.6. The van der Waals surface area contributed by atoms with Crippen molar-refractivity contribution in [2.24, 2.45) is 10.7 Å². The minimum absolute atomic E-state index is 0.267. The minimum Gasteiger partial charge on any atom is -0.404 e. The maximum absolute atomic E-state index is 13.3. The van der Waals surface area contributed by atoms with E-state index in [1.807, 2.05) is 20.1 Å². The van der Waals surface area contributed by atoms with Gasteiger partial charge in [0.2, 0.25) is 0 Å². The molecule has 0 aliphatic carbocycles. The summed E-state index contributed by atoms with van der Waals surface area (Å²) < 4.78 is 18.5. The third kappa shape index (κ3) is 5.43. The zero-order valence-corrected chi connectivity index (χ0v) is 18.9. The van der Waals surface area contributed by atoms with Crippen molar-refractivity contribution in [1.82, 2.24) is 20.0 Å². The van der Waals surface area contributed by atoms with Crippen LogP contribution in [0.3, 0.4) is 0 Å². The Bertz CT molecular complexity index is 1110. The number of benzene rings is 1. The Morgan fingerprint density at radius 1 is 1.12 bits per heavy atom. The standard InChI is InChI=1S/C24H28FN7O/c1-17-22(18(2)33-30-17)15-27-14-19(13-26)16-31-9-11-32(12-10-31)24-23(28-7-8-29-24)20-3-5-21(25)6-4-20/h3-8,13-14H,9-12,15-16,26H2,1-2H3/b19-13+,27-14?. The van der Waals surface area contributed by atoms with Crippen LogP contribution in [-0.4, -0.2) is 59.0 Å². The third-order valence-electron chi connectivity index (χ3n) is 5.78. The van der Waals surface area contributed by atoms with Crippen molar-refractivity contribution < 1.29 is 8.91 Å². The molecule has 1 aromatic carbocycles. The number of aryl methyl sites for hydroxylation is 2. The highest BCUT2D eigenvalue weighted by Crippen LogP contribution is 2.27. The second kappa shape index (κ2) is 10.4. The van der Waals surface area contributed by atoms with Crippen LogP contribution in [0.15, 0.2) is 57.9 Å². The summed E-state index contributed by atoms with van der Waals surface area (Å²) in [5.41, 5.74) is 10.3. The fourth-order valence-corrected chi connectivity index (χ4v) is 3.87. The Hall–Kier alpha value is -3.59. The first-order valence-electron chi connectivity index (χ1n) is 10.9. The van der Waals surface area contributed by atoms with Gasteiger partial charge in [-0.3, -0.25) is 14.9 Å². The van der Waals surface area contributed by atoms with Gasteiger partial charge in [0.05, 0.1) is 12.2 Å². The Balaban J connectivity index is 1.35. The van der Waals surface area contributed by atoms with Crippen LogP contribution in [0.5, 0.6) is 0 Å². The number of hydrogen-bond donors (Lipinski definition) is 1. The van der Waals surface area contributed by atoms with E-state index in [0.29, 0.717) is 6.54 Å². The fourth-order valence-electron chi connectivity index (χ4n) is 3.87. The predicted octanol–water partition coefficient (Wildman–Crippen LogP) is 3.12. The molecule has 2 N–H and O–H groups in total. The lowest BCUT2D eigenvalue weighted by Crippen LogP contribution is -2.47. The van der Waals surface area contributed by atoms with Crippen LogP contribution in [-0.2, 0) is 6.54 Å².